The maximum atomic E-state index is 5.50. The van der Waals surface area contributed by atoms with E-state index in [1.165, 1.54) is 12.8 Å². The van der Waals surface area contributed by atoms with Crippen molar-refractivity contribution >= 4 is 0 Å². The number of hydrogen-bond acceptors (Lipinski definition) is 3. The van der Waals surface area contributed by atoms with E-state index < -0.39 is 0 Å². The van der Waals surface area contributed by atoms with E-state index in [4.69, 9.17) is 4.74 Å². The van der Waals surface area contributed by atoms with Gasteiger partial charge in [-0.25, -0.2) is 0 Å². The highest BCUT2D eigenvalue weighted by atomic mass is 16.5. The molecule has 0 aromatic carbocycles. The first-order chi connectivity index (χ1) is 8.38. The lowest BCUT2D eigenvalue weighted by atomic mass is 10.3. The molecule has 0 spiro atoms. The fourth-order valence-corrected chi connectivity index (χ4v) is 1.59. The minimum Gasteiger partial charge on any atom is -0.375 e. The molecule has 1 aliphatic rings. The number of rotatable bonds is 8. The summed E-state index contributed by atoms with van der Waals surface area (Å²) in [5, 5.41) is 3.46. The highest BCUT2D eigenvalue weighted by Crippen LogP contribution is 2.19. The minimum atomic E-state index is 0.588. The quantitative estimate of drug-likeness (QED) is 0.552. The van der Waals surface area contributed by atoms with E-state index in [2.05, 4.69) is 22.9 Å². The monoisotopic (exact) mass is 232 g/mol. The van der Waals surface area contributed by atoms with Gasteiger partial charge in [-0.3, -0.25) is 4.98 Å². The molecule has 1 aromatic heterocycles. The largest absolute Gasteiger partial charge is 0.375 e. The van der Waals surface area contributed by atoms with Gasteiger partial charge in [0.25, 0.3) is 0 Å². The number of ether oxygens (including phenoxy) is 1. The molecular weight excluding hydrogens is 212 g/mol. The molecule has 0 aliphatic heterocycles. The first kappa shape index (κ1) is 12.3. The van der Waals surface area contributed by atoms with Gasteiger partial charge in [0.2, 0.25) is 0 Å². The van der Waals surface area contributed by atoms with Crippen LogP contribution in [-0.2, 0) is 17.9 Å². The van der Waals surface area contributed by atoms with Gasteiger partial charge >= 0.3 is 0 Å². The summed E-state index contributed by atoms with van der Waals surface area (Å²) in [6, 6.07) is 6.84. The maximum absolute atomic E-state index is 5.50. The van der Waals surface area contributed by atoms with E-state index in [9.17, 15) is 0 Å². The second-order valence-electron chi connectivity index (χ2n) is 4.41. The normalized spacial score (nSPS) is 14.8. The Kier molecular flexibility index (Phi) is 4.71. The van der Waals surface area contributed by atoms with Crippen LogP contribution in [0.5, 0.6) is 0 Å². The zero-order chi connectivity index (χ0) is 11.9. The summed E-state index contributed by atoms with van der Waals surface area (Å²) in [7, 11) is 0. The number of pyridine rings is 1. The standard InChI is InChI=1S/C14H20N2O/c1-2-3-9-17-11-14-6-4-5-13(16-14)10-15-12-7-8-12/h2,4-6,12,15H,1,3,7-11H2. The molecule has 0 atom stereocenters. The molecule has 1 aromatic rings. The third-order valence-corrected chi connectivity index (χ3v) is 2.73. The number of nitrogens with one attached hydrogen (secondary N) is 1. The fraction of sp³-hybridized carbons (Fsp3) is 0.500. The number of hydrogen-bond donors (Lipinski definition) is 1. The summed E-state index contributed by atoms with van der Waals surface area (Å²) in [6.07, 6.45) is 5.38. The van der Waals surface area contributed by atoms with Crippen LogP contribution in [-0.4, -0.2) is 17.6 Å². The summed E-state index contributed by atoms with van der Waals surface area (Å²) >= 11 is 0. The molecule has 92 valence electrons. The van der Waals surface area contributed by atoms with Crippen LogP contribution < -0.4 is 5.32 Å². The van der Waals surface area contributed by atoms with Gasteiger partial charge in [0, 0.05) is 12.6 Å². The van der Waals surface area contributed by atoms with E-state index in [0.29, 0.717) is 6.61 Å². The topological polar surface area (TPSA) is 34.1 Å². The Labute approximate surface area is 103 Å². The van der Waals surface area contributed by atoms with Crippen LogP contribution in [0.4, 0.5) is 0 Å². The molecule has 1 heterocycles. The van der Waals surface area contributed by atoms with Crippen LogP contribution in [0.15, 0.2) is 30.9 Å². The van der Waals surface area contributed by atoms with Gasteiger partial charge in [-0.2, -0.15) is 0 Å². The van der Waals surface area contributed by atoms with Gasteiger partial charge in [-0.15, -0.1) is 6.58 Å². The van der Waals surface area contributed by atoms with Crippen molar-refractivity contribution in [2.75, 3.05) is 6.61 Å². The molecule has 3 nitrogen and oxygen atoms in total. The predicted octanol–water partition coefficient (Wildman–Crippen LogP) is 2.43. The van der Waals surface area contributed by atoms with Crippen molar-refractivity contribution in [3.05, 3.63) is 42.2 Å². The maximum Gasteiger partial charge on any atom is 0.0888 e. The lowest BCUT2D eigenvalue weighted by Gasteiger charge is -2.06. The van der Waals surface area contributed by atoms with E-state index in [1.807, 2.05) is 18.2 Å². The number of nitrogens with zero attached hydrogens (tertiary/aromatic N) is 1. The van der Waals surface area contributed by atoms with E-state index in [0.717, 1.165) is 37.0 Å². The fourth-order valence-electron chi connectivity index (χ4n) is 1.59. The molecular formula is C14H20N2O. The lowest BCUT2D eigenvalue weighted by Crippen LogP contribution is -2.16. The van der Waals surface area contributed by atoms with E-state index >= 15 is 0 Å². The molecule has 0 amide bonds. The smallest absolute Gasteiger partial charge is 0.0888 e. The van der Waals surface area contributed by atoms with Crippen LogP contribution >= 0.6 is 0 Å². The van der Waals surface area contributed by atoms with Crippen LogP contribution in [0.3, 0.4) is 0 Å². The SMILES string of the molecule is C=CCCOCc1cccc(CNC2CC2)n1. The Morgan fingerprint density at radius 1 is 1.41 bits per heavy atom. The summed E-state index contributed by atoms with van der Waals surface area (Å²) < 4.78 is 5.50. The Bertz CT molecular complexity index is 361. The van der Waals surface area contributed by atoms with Crippen molar-refractivity contribution in [3.63, 3.8) is 0 Å². The summed E-state index contributed by atoms with van der Waals surface area (Å²) in [4.78, 5) is 4.56. The minimum absolute atomic E-state index is 0.588. The summed E-state index contributed by atoms with van der Waals surface area (Å²) in [6.45, 7) is 5.83. The summed E-state index contributed by atoms with van der Waals surface area (Å²) in [5.41, 5.74) is 2.10. The zero-order valence-corrected chi connectivity index (χ0v) is 10.2. The van der Waals surface area contributed by atoms with Crippen molar-refractivity contribution < 1.29 is 4.74 Å². The van der Waals surface area contributed by atoms with Crippen LogP contribution in [0.1, 0.15) is 30.7 Å². The molecule has 1 fully saturated rings. The molecule has 3 heteroatoms. The van der Waals surface area contributed by atoms with Crippen LogP contribution in [0.25, 0.3) is 0 Å². The van der Waals surface area contributed by atoms with Crippen molar-refractivity contribution in [2.45, 2.75) is 38.5 Å². The Hall–Kier alpha value is -1.19. The second kappa shape index (κ2) is 6.52. The van der Waals surface area contributed by atoms with Crippen molar-refractivity contribution in [1.82, 2.24) is 10.3 Å². The summed E-state index contributed by atoms with van der Waals surface area (Å²) in [5.74, 6) is 0. The van der Waals surface area contributed by atoms with Gasteiger partial charge in [-0.05, 0) is 31.4 Å². The highest BCUT2D eigenvalue weighted by molar-refractivity contribution is 5.10. The Balaban J connectivity index is 1.75. The average molecular weight is 232 g/mol. The molecule has 1 aliphatic carbocycles. The van der Waals surface area contributed by atoms with Crippen LogP contribution in [0, 0.1) is 0 Å². The van der Waals surface area contributed by atoms with Gasteiger partial charge in [0.05, 0.1) is 24.6 Å². The Morgan fingerprint density at radius 2 is 2.24 bits per heavy atom. The van der Waals surface area contributed by atoms with Crippen LogP contribution in [0.2, 0.25) is 0 Å². The molecule has 0 unspecified atom stereocenters. The molecule has 1 N–H and O–H groups in total. The first-order valence-electron chi connectivity index (χ1n) is 6.25. The molecule has 1 saturated carbocycles. The van der Waals surface area contributed by atoms with Gasteiger partial charge in [-0.1, -0.05) is 12.1 Å². The van der Waals surface area contributed by atoms with E-state index in [1.54, 1.807) is 0 Å². The molecule has 0 bridgehead atoms. The molecule has 0 radical (unpaired) electrons. The third-order valence-electron chi connectivity index (χ3n) is 2.73. The van der Waals surface area contributed by atoms with Crippen molar-refractivity contribution in [2.24, 2.45) is 0 Å². The Morgan fingerprint density at radius 3 is 3.00 bits per heavy atom. The zero-order valence-electron chi connectivity index (χ0n) is 10.2. The lowest BCUT2D eigenvalue weighted by molar-refractivity contribution is 0.122. The second-order valence-corrected chi connectivity index (χ2v) is 4.41. The van der Waals surface area contributed by atoms with Gasteiger partial charge in [0.15, 0.2) is 0 Å². The van der Waals surface area contributed by atoms with Crippen molar-refractivity contribution in [3.8, 4) is 0 Å². The van der Waals surface area contributed by atoms with E-state index in [-0.39, 0.29) is 0 Å². The van der Waals surface area contributed by atoms with Crippen molar-refractivity contribution in [1.29, 1.82) is 0 Å². The highest BCUT2D eigenvalue weighted by Gasteiger charge is 2.20. The average Bonchev–Trinajstić information content (AvgIpc) is 3.17. The molecule has 17 heavy (non-hydrogen) atoms. The third kappa shape index (κ3) is 4.67. The predicted molar refractivity (Wildman–Crippen MR) is 68.6 cm³/mol. The van der Waals surface area contributed by atoms with Gasteiger partial charge in [0.1, 0.15) is 0 Å². The molecule has 2 rings (SSSR count). The van der Waals surface area contributed by atoms with Gasteiger partial charge < -0.3 is 10.1 Å². The first-order valence-corrected chi connectivity index (χ1v) is 6.25. The number of aromatic nitrogens is 1. The molecule has 0 saturated heterocycles.